The van der Waals surface area contributed by atoms with Crippen LogP contribution in [-0.2, 0) is 19.1 Å². The van der Waals surface area contributed by atoms with Gasteiger partial charge in [-0.15, -0.1) is 0 Å². The van der Waals surface area contributed by atoms with Crippen LogP contribution in [-0.4, -0.2) is 49.2 Å². The molecule has 0 heterocycles. The van der Waals surface area contributed by atoms with Gasteiger partial charge in [0.05, 0.1) is 13.2 Å². The van der Waals surface area contributed by atoms with E-state index >= 15 is 0 Å². The SMILES string of the molecule is COCCC(=O)NCC(=O)N[C@@H](CC(C)C)C(=O)O. The fraction of sp³-hybridized carbons (Fsp3) is 0.750. The van der Waals surface area contributed by atoms with Crippen LogP contribution >= 0.6 is 0 Å². The van der Waals surface area contributed by atoms with E-state index in [1.165, 1.54) is 7.11 Å². The van der Waals surface area contributed by atoms with Gasteiger partial charge in [0.15, 0.2) is 0 Å². The lowest BCUT2D eigenvalue weighted by molar-refractivity contribution is -0.142. The minimum absolute atomic E-state index is 0.151. The van der Waals surface area contributed by atoms with Crippen molar-refractivity contribution in [3.63, 3.8) is 0 Å². The van der Waals surface area contributed by atoms with Crippen LogP contribution in [0.25, 0.3) is 0 Å². The van der Waals surface area contributed by atoms with Crippen LogP contribution in [0.3, 0.4) is 0 Å². The molecule has 3 N–H and O–H groups in total. The Morgan fingerprint density at radius 2 is 1.84 bits per heavy atom. The van der Waals surface area contributed by atoms with Crippen molar-refractivity contribution in [3.05, 3.63) is 0 Å². The smallest absolute Gasteiger partial charge is 0.326 e. The van der Waals surface area contributed by atoms with Gasteiger partial charge in [-0.1, -0.05) is 13.8 Å². The Bertz CT molecular complexity index is 317. The molecule has 7 heteroatoms. The van der Waals surface area contributed by atoms with E-state index in [1.807, 2.05) is 13.8 Å². The van der Waals surface area contributed by atoms with Gasteiger partial charge in [-0.25, -0.2) is 4.79 Å². The summed E-state index contributed by atoms with van der Waals surface area (Å²) in [7, 11) is 1.48. The first-order valence-corrected chi connectivity index (χ1v) is 6.14. The number of carboxylic acid groups (broad SMARTS) is 1. The van der Waals surface area contributed by atoms with Crippen molar-refractivity contribution in [2.45, 2.75) is 32.7 Å². The van der Waals surface area contributed by atoms with E-state index < -0.39 is 17.9 Å². The molecular formula is C12H22N2O5. The quantitative estimate of drug-likeness (QED) is 0.538. The Kier molecular flexibility index (Phi) is 8.52. The Morgan fingerprint density at radius 3 is 2.32 bits per heavy atom. The molecule has 0 saturated carbocycles. The third-order valence-corrected chi connectivity index (χ3v) is 2.32. The number of rotatable bonds is 9. The van der Waals surface area contributed by atoms with Gasteiger partial charge >= 0.3 is 5.97 Å². The lowest BCUT2D eigenvalue weighted by Crippen LogP contribution is -2.46. The summed E-state index contributed by atoms with van der Waals surface area (Å²) in [6, 6.07) is -0.927. The zero-order chi connectivity index (χ0) is 14.8. The van der Waals surface area contributed by atoms with Crippen molar-refractivity contribution in [1.29, 1.82) is 0 Å². The first-order chi connectivity index (χ1) is 8.86. The molecule has 0 aliphatic carbocycles. The first kappa shape index (κ1) is 17.4. The van der Waals surface area contributed by atoms with Crippen LogP contribution in [0, 0.1) is 5.92 Å². The fourth-order valence-electron chi connectivity index (χ4n) is 1.40. The lowest BCUT2D eigenvalue weighted by atomic mass is 10.0. The van der Waals surface area contributed by atoms with Gasteiger partial charge in [-0.05, 0) is 12.3 Å². The number of carbonyl (C=O) groups is 3. The summed E-state index contributed by atoms with van der Waals surface area (Å²) in [5, 5.41) is 13.7. The zero-order valence-electron chi connectivity index (χ0n) is 11.6. The first-order valence-electron chi connectivity index (χ1n) is 6.14. The fourth-order valence-corrected chi connectivity index (χ4v) is 1.40. The summed E-state index contributed by atoms with van der Waals surface area (Å²) in [5.74, 6) is -1.75. The van der Waals surface area contributed by atoms with Crippen LogP contribution in [0.5, 0.6) is 0 Å². The van der Waals surface area contributed by atoms with E-state index in [0.717, 1.165) is 0 Å². The molecule has 7 nitrogen and oxygen atoms in total. The highest BCUT2D eigenvalue weighted by Crippen LogP contribution is 2.04. The number of amides is 2. The van der Waals surface area contributed by atoms with Gasteiger partial charge in [-0.3, -0.25) is 9.59 Å². The number of carboxylic acids is 1. The zero-order valence-corrected chi connectivity index (χ0v) is 11.6. The highest BCUT2D eigenvalue weighted by atomic mass is 16.5. The molecule has 110 valence electrons. The Morgan fingerprint density at radius 1 is 1.21 bits per heavy atom. The number of methoxy groups -OCH3 is 1. The summed E-state index contributed by atoms with van der Waals surface area (Å²) in [5.41, 5.74) is 0. The van der Waals surface area contributed by atoms with Gasteiger partial charge in [0.2, 0.25) is 11.8 Å². The minimum Gasteiger partial charge on any atom is -0.480 e. The van der Waals surface area contributed by atoms with E-state index in [-0.39, 0.29) is 31.4 Å². The van der Waals surface area contributed by atoms with Crippen molar-refractivity contribution in [2.24, 2.45) is 5.92 Å². The summed E-state index contributed by atoms with van der Waals surface area (Å²) in [6.45, 7) is 3.78. The second-order valence-electron chi connectivity index (χ2n) is 4.61. The monoisotopic (exact) mass is 274 g/mol. The third-order valence-electron chi connectivity index (χ3n) is 2.32. The van der Waals surface area contributed by atoms with E-state index in [9.17, 15) is 14.4 Å². The molecule has 0 bridgehead atoms. The standard InChI is InChI=1S/C12H22N2O5/c1-8(2)6-9(12(17)18)14-11(16)7-13-10(15)4-5-19-3/h8-9H,4-7H2,1-3H3,(H,13,15)(H,14,16)(H,17,18)/t9-/m0/s1. The van der Waals surface area contributed by atoms with E-state index in [1.54, 1.807) is 0 Å². The molecule has 0 rings (SSSR count). The van der Waals surface area contributed by atoms with Gasteiger partial charge in [-0.2, -0.15) is 0 Å². The maximum Gasteiger partial charge on any atom is 0.326 e. The molecule has 0 aliphatic rings. The van der Waals surface area contributed by atoms with Crippen LogP contribution in [0.4, 0.5) is 0 Å². The number of aliphatic carboxylic acids is 1. The van der Waals surface area contributed by atoms with Gasteiger partial charge in [0.1, 0.15) is 6.04 Å². The highest BCUT2D eigenvalue weighted by Gasteiger charge is 2.20. The number of hydrogen-bond donors (Lipinski definition) is 3. The van der Waals surface area contributed by atoms with Crippen molar-refractivity contribution in [3.8, 4) is 0 Å². The maximum absolute atomic E-state index is 11.5. The Labute approximate surface area is 112 Å². The number of nitrogens with one attached hydrogen (secondary N) is 2. The average molecular weight is 274 g/mol. The molecule has 0 aromatic carbocycles. The van der Waals surface area contributed by atoms with Crippen LogP contribution in [0.2, 0.25) is 0 Å². The molecule has 0 spiro atoms. The summed E-state index contributed by atoms with van der Waals surface area (Å²) in [4.78, 5) is 33.6. The van der Waals surface area contributed by atoms with Gasteiger partial charge in [0.25, 0.3) is 0 Å². The number of ether oxygens (including phenoxy) is 1. The summed E-state index contributed by atoms with van der Waals surface area (Å²) >= 11 is 0. The molecule has 0 radical (unpaired) electrons. The van der Waals surface area contributed by atoms with Crippen molar-refractivity contribution in [2.75, 3.05) is 20.3 Å². The van der Waals surface area contributed by atoms with Crippen molar-refractivity contribution in [1.82, 2.24) is 10.6 Å². The molecule has 0 aliphatic heterocycles. The molecule has 1 atom stereocenters. The molecule has 2 amide bonds. The summed E-state index contributed by atoms with van der Waals surface area (Å²) < 4.78 is 4.72. The normalized spacial score (nSPS) is 12.0. The highest BCUT2D eigenvalue weighted by molar-refractivity contribution is 5.87. The van der Waals surface area contributed by atoms with E-state index in [2.05, 4.69) is 10.6 Å². The third kappa shape index (κ3) is 9.01. The van der Waals surface area contributed by atoms with Crippen LogP contribution < -0.4 is 10.6 Å². The molecule has 0 aromatic rings. The van der Waals surface area contributed by atoms with Crippen molar-refractivity contribution < 1.29 is 24.2 Å². The second kappa shape index (κ2) is 9.32. The van der Waals surface area contributed by atoms with Gasteiger partial charge < -0.3 is 20.5 Å². The molecular weight excluding hydrogens is 252 g/mol. The second-order valence-corrected chi connectivity index (χ2v) is 4.61. The minimum atomic E-state index is -1.08. The van der Waals surface area contributed by atoms with Crippen LogP contribution in [0.15, 0.2) is 0 Å². The lowest BCUT2D eigenvalue weighted by Gasteiger charge is -2.16. The molecule has 0 saturated heterocycles. The Balaban J connectivity index is 4.06. The number of hydrogen-bond acceptors (Lipinski definition) is 4. The summed E-state index contributed by atoms with van der Waals surface area (Å²) in [6.07, 6.45) is 0.511. The van der Waals surface area contributed by atoms with Crippen molar-refractivity contribution >= 4 is 17.8 Å². The van der Waals surface area contributed by atoms with Gasteiger partial charge in [0, 0.05) is 13.5 Å². The predicted molar refractivity (Wildman–Crippen MR) is 68.5 cm³/mol. The topological polar surface area (TPSA) is 105 Å². The average Bonchev–Trinajstić information content (AvgIpc) is 2.32. The van der Waals surface area contributed by atoms with E-state index in [0.29, 0.717) is 6.42 Å². The molecule has 0 aromatic heterocycles. The molecule has 0 fully saturated rings. The molecule has 0 unspecified atom stereocenters. The maximum atomic E-state index is 11.5. The number of carbonyl (C=O) groups excluding carboxylic acids is 2. The van der Waals surface area contributed by atoms with Crippen LogP contribution in [0.1, 0.15) is 26.7 Å². The predicted octanol–water partition coefficient (Wildman–Crippen LogP) is -0.245. The Hall–Kier alpha value is -1.63. The van der Waals surface area contributed by atoms with E-state index in [4.69, 9.17) is 9.84 Å². The largest absolute Gasteiger partial charge is 0.480 e. The molecule has 19 heavy (non-hydrogen) atoms.